The van der Waals surface area contributed by atoms with E-state index in [1.165, 1.54) is 4.57 Å². The van der Waals surface area contributed by atoms with E-state index >= 15 is 0 Å². The zero-order valence-electron chi connectivity index (χ0n) is 14.6. The molecule has 0 aromatic carbocycles. The van der Waals surface area contributed by atoms with Crippen LogP contribution < -0.4 is 11.3 Å². The van der Waals surface area contributed by atoms with Crippen molar-refractivity contribution in [3.63, 3.8) is 0 Å². The SMILES string of the molecule is [N-]=[N+]=N[C@H]1C[C@H](n2cnc3c(=O)[nH]c(N)nc32)O[C@@H]1C(=O)C(P(=O)(O)O)[P+](O)(O)O. The molecule has 0 radical (unpaired) electrons. The first-order chi connectivity index (χ1) is 13.8. The van der Waals surface area contributed by atoms with E-state index in [2.05, 4.69) is 25.0 Å². The summed E-state index contributed by atoms with van der Waals surface area (Å²) in [7, 11) is -10.9. The number of hydrogen-bond donors (Lipinski definition) is 7. The highest BCUT2D eigenvalue weighted by atomic mass is 31.3. The number of fused-ring (bicyclic) bond motifs is 1. The summed E-state index contributed by atoms with van der Waals surface area (Å²) in [6.07, 6.45) is -2.12. The summed E-state index contributed by atoms with van der Waals surface area (Å²) in [6, 6.07) is -1.34. The van der Waals surface area contributed by atoms with Gasteiger partial charge in [0, 0.05) is 11.3 Å². The van der Waals surface area contributed by atoms with Crippen molar-refractivity contribution in [2.24, 2.45) is 5.11 Å². The summed E-state index contributed by atoms with van der Waals surface area (Å²) in [5, 5.41) is 0.463. The second kappa shape index (κ2) is 7.67. The summed E-state index contributed by atoms with van der Waals surface area (Å²) in [5.74, 6) is -1.82. The molecule has 3 rings (SSSR count). The summed E-state index contributed by atoms with van der Waals surface area (Å²) < 4.78 is 18.2. The Morgan fingerprint density at radius 3 is 2.73 bits per heavy atom. The van der Waals surface area contributed by atoms with Crippen LogP contribution in [-0.2, 0) is 14.1 Å². The zero-order valence-corrected chi connectivity index (χ0v) is 16.4. The van der Waals surface area contributed by atoms with Gasteiger partial charge < -0.3 is 20.3 Å². The standard InChI is InChI=1S/C11H14N8O9P2/c12-11-15-8-5(9(21)16-11)14-2-19(8)4-1-3(17-18-13)7(28-4)6(20)10(29(22,23)24)30(25,26)27/h2-4,7,10,22-24H,1H2,(H4-,12,15,16,21,25,26,27)/p+1/t3-,4+,7-,10?/m0/s1. The topological polar surface area (TPSA) is 283 Å². The van der Waals surface area contributed by atoms with E-state index in [4.69, 9.17) is 16.0 Å². The Bertz CT molecular complexity index is 1150. The van der Waals surface area contributed by atoms with Crippen LogP contribution in [0.1, 0.15) is 12.6 Å². The van der Waals surface area contributed by atoms with E-state index in [1.807, 2.05) is 0 Å². The predicted octanol–water partition coefficient (Wildman–Crippen LogP) is -1.52. The highest BCUT2D eigenvalue weighted by Gasteiger charge is 2.62. The van der Waals surface area contributed by atoms with Gasteiger partial charge in [-0.05, 0) is 5.53 Å². The van der Waals surface area contributed by atoms with Gasteiger partial charge in [0.2, 0.25) is 11.7 Å². The Morgan fingerprint density at radius 2 is 2.17 bits per heavy atom. The Hall–Kier alpha value is -2.45. The molecule has 0 bridgehead atoms. The molecule has 2 aromatic heterocycles. The second-order valence-corrected chi connectivity index (χ2v) is 10.1. The third kappa shape index (κ3) is 4.06. The maximum absolute atomic E-state index is 12.6. The smallest absolute Gasteiger partial charge is 0.369 e. The van der Waals surface area contributed by atoms with Gasteiger partial charge in [0.15, 0.2) is 11.2 Å². The van der Waals surface area contributed by atoms with Gasteiger partial charge in [0.25, 0.3) is 5.56 Å². The lowest BCUT2D eigenvalue weighted by Crippen LogP contribution is -2.38. The van der Waals surface area contributed by atoms with Crippen LogP contribution in [0, 0.1) is 0 Å². The number of Topliss-reactive ketones (excluding diaryl/α,β-unsaturated/α-hetero) is 1. The van der Waals surface area contributed by atoms with Gasteiger partial charge in [-0.1, -0.05) is 5.11 Å². The van der Waals surface area contributed by atoms with Gasteiger partial charge in [-0.15, -0.1) is 0 Å². The van der Waals surface area contributed by atoms with Crippen LogP contribution >= 0.6 is 15.5 Å². The van der Waals surface area contributed by atoms with Crippen molar-refractivity contribution in [2.75, 3.05) is 5.73 Å². The molecule has 1 aliphatic rings. The lowest BCUT2D eigenvalue weighted by atomic mass is 10.1. The van der Waals surface area contributed by atoms with E-state index in [0.29, 0.717) is 0 Å². The second-order valence-electron chi connectivity index (χ2n) is 6.27. The number of nitrogens with two attached hydrogens (primary N) is 1. The van der Waals surface area contributed by atoms with Crippen LogP contribution in [0.15, 0.2) is 16.2 Å². The predicted molar refractivity (Wildman–Crippen MR) is 98.4 cm³/mol. The number of hydrogen-bond acceptors (Lipinski definition) is 11. The molecular weight excluding hydrogens is 450 g/mol. The molecule has 4 atom stereocenters. The third-order valence-electron chi connectivity index (χ3n) is 4.24. The highest BCUT2D eigenvalue weighted by Crippen LogP contribution is 2.65. The molecule has 19 heteroatoms. The number of carbonyl (C=O) groups excluding carboxylic acids is 1. The van der Waals surface area contributed by atoms with Crippen molar-refractivity contribution in [3.05, 3.63) is 27.1 Å². The quantitative estimate of drug-likeness (QED) is 0.111. The molecule has 8 N–H and O–H groups in total. The molecule has 1 aliphatic heterocycles. The Labute approximate surface area is 165 Å². The molecule has 17 nitrogen and oxygen atoms in total. The maximum Gasteiger partial charge on any atom is 0.427 e. The first-order valence-corrected chi connectivity index (χ1v) is 11.3. The van der Waals surface area contributed by atoms with Crippen LogP contribution in [0.3, 0.4) is 0 Å². The first-order valence-electron chi connectivity index (χ1n) is 7.92. The highest BCUT2D eigenvalue weighted by molar-refractivity contribution is 7.76. The van der Waals surface area contributed by atoms with Gasteiger partial charge in [-0.3, -0.25) is 23.7 Å². The van der Waals surface area contributed by atoms with E-state index in [9.17, 15) is 38.6 Å². The monoisotopic (exact) mass is 465 g/mol. The molecule has 30 heavy (non-hydrogen) atoms. The van der Waals surface area contributed by atoms with Crippen molar-refractivity contribution in [1.82, 2.24) is 19.5 Å². The molecule has 0 aliphatic carbocycles. The molecule has 1 fully saturated rings. The number of nitrogens with one attached hydrogen (secondary N) is 1. The normalized spacial score (nSPS) is 23.3. The largest absolute Gasteiger partial charge is 0.427 e. The zero-order chi connectivity index (χ0) is 22.4. The molecule has 0 spiro atoms. The molecule has 3 heterocycles. The fourth-order valence-corrected chi connectivity index (χ4v) is 5.68. The number of aromatic nitrogens is 4. The number of carbonyl (C=O) groups is 1. The Morgan fingerprint density at radius 1 is 1.50 bits per heavy atom. The number of ketones is 1. The fourth-order valence-electron chi connectivity index (χ4n) is 3.09. The van der Waals surface area contributed by atoms with Gasteiger partial charge in [0.1, 0.15) is 12.3 Å². The lowest BCUT2D eigenvalue weighted by molar-refractivity contribution is -0.131. The number of anilines is 1. The fraction of sp³-hybridized carbons (Fsp3) is 0.455. The van der Waals surface area contributed by atoms with Crippen molar-refractivity contribution >= 4 is 38.4 Å². The Balaban J connectivity index is 2.02. The van der Waals surface area contributed by atoms with Crippen molar-refractivity contribution in [1.29, 1.82) is 0 Å². The number of nitrogen functional groups attached to an aromatic ring is 1. The summed E-state index contributed by atoms with van der Waals surface area (Å²) in [4.78, 5) is 83.9. The number of azide groups is 1. The number of imidazole rings is 1. The Kier molecular flexibility index (Phi) is 5.68. The molecule has 1 unspecified atom stereocenters. The summed E-state index contributed by atoms with van der Waals surface area (Å²) in [5.41, 5.74) is 13.4. The van der Waals surface area contributed by atoms with Crippen LogP contribution in [0.25, 0.3) is 21.6 Å². The van der Waals surface area contributed by atoms with Crippen LogP contribution in [0.5, 0.6) is 0 Å². The van der Waals surface area contributed by atoms with Crippen molar-refractivity contribution < 1.29 is 38.6 Å². The minimum absolute atomic E-state index is 0.0473. The molecule has 2 aromatic rings. The number of aromatic amines is 1. The molecule has 162 valence electrons. The van der Waals surface area contributed by atoms with Crippen LogP contribution in [0.2, 0.25) is 0 Å². The molecule has 0 amide bonds. The van der Waals surface area contributed by atoms with E-state index in [0.717, 1.165) is 6.33 Å². The van der Waals surface area contributed by atoms with E-state index in [1.54, 1.807) is 0 Å². The van der Waals surface area contributed by atoms with Crippen LogP contribution in [-0.4, -0.2) is 67.3 Å². The molecular formula is C11H15N8O9P2+. The first kappa shape index (κ1) is 22.2. The van der Waals surface area contributed by atoms with E-state index < -0.39 is 50.7 Å². The summed E-state index contributed by atoms with van der Waals surface area (Å²) in [6.45, 7) is 0. The minimum Gasteiger partial charge on any atom is -0.369 e. The average molecular weight is 465 g/mol. The van der Waals surface area contributed by atoms with Gasteiger partial charge >= 0.3 is 20.9 Å². The van der Waals surface area contributed by atoms with Gasteiger partial charge in [-0.2, -0.15) is 19.7 Å². The average Bonchev–Trinajstić information content (AvgIpc) is 3.16. The maximum atomic E-state index is 12.6. The van der Waals surface area contributed by atoms with Crippen LogP contribution in [0.4, 0.5) is 5.95 Å². The van der Waals surface area contributed by atoms with E-state index in [-0.39, 0.29) is 23.5 Å². The van der Waals surface area contributed by atoms with Crippen molar-refractivity contribution in [2.45, 2.75) is 30.2 Å². The third-order valence-corrected chi connectivity index (χ3v) is 7.87. The number of H-pyrrole nitrogens is 1. The molecule has 0 saturated carbocycles. The lowest BCUT2D eigenvalue weighted by Gasteiger charge is -2.21. The van der Waals surface area contributed by atoms with Crippen molar-refractivity contribution in [3.8, 4) is 0 Å². The van der Waals surface area contributed by atoms with Gasteiger partial charge in [0.05, 0.1) is 12.4 Å². The number of nitrogens with zero attached hydrogens (tertiary/aromatic N) is 6. The minimum atomic E-state index is -5.54. The molecule has 1 saturated heterocycles. The summed E-state index contributed by atoms with van der Waals surface area (Å²) >= 11 is 0. The number of rotatable bonds is 6. The number of ether oxygens (including phenoxy) is 1. The van der Waals surface area contributed by atoms with Gasteiger partial charge in [-0.25, -0.2) is 4.98 Å².